The molecule has 236 valence electrons. The summed E-state index contributed by atoms with van der Waals surface area (Å²) in [5.41, 5.74) is -4.83. The van der Waals surface area contributed by atoms with E-state index in [2.05, 4.69) is 20.1 Å². The van der Waals surface area contributed by atoms with E-state index in [4.69, 9.17) is 11.6 Å². The van der Waals surface area contributed by atoms with Crippen LogP contribution < -0.4 is 10.1 Å². The molecule has 0 spiro atoms. The second kappa shape index (κ2) is 12.2. The summed E-state index contributed by atoms with van der Waals surface area (Å²) in [6, 6.07) is 0.946. The highest BCUT2D eigenvalue weighted by Crippen LogP contribution is 2.42. The molecule has 42 heavy (non-hydrogen) atoms. The van der Waals surface area contributed by atoms with Gasteiger partial charge in [-0.1, -0.05) is 25.4 Å². The monoisotopic (exact) mass is 646 g/mol. The van der Waals surface area contributed by atoms with Crippen LogP contribution in [0.1, 0.15) is 56.2 Å². The Bertz CT molecular complexity index is 1420. The fourth-order valence-corrected chi connectivity index (χ4v) is 6.05. The van der Waals surface area contributed by atoms with E-state index in [-0.39, 0.29) is 53.5 Å². The van der Waals surface area contributed by atoms with Crippen LogP contribution in [0.2, 0.25) is 5.02 Å². The van der Waals surface area contributed by atoms with E-state index >= 15 is 0 Å². The molecule has 2 aromatic rings. The molecule has 2 heterocycles. The maximum atomic E-state index is 13.4. The number of aliphatic hydroxyl groups is 2. The Balaban J connectivity index is 1.91. The second-order valence-electron chi connectivity index (χ2n) is 11.0. The first-order valence-electron chi connectivity index (χ1n) is 12.8. The molecule has 17 heteroatoms. The van der Waals surface area contributed by atoms with Crippen molar-refractivity contribution in [3.63, 3.8) is 0 Å². The Labute approximate surface area is 244 Å². The van der Waals surface area contributed by atoms with Crippen LogP contribution in [0, 0.1) is 5.41 Å². The molecule has 1 amide bonds. The quantitative estimate of drug-likeness (QED) is 0.331. The molecule has 2 aromatic heterocycles. The van der Waals surface area contributed by atoms with Crippen LogP contribution >= 0.6 is 11.6 Å². The molecule has 0 saturated heterocycles. The molecule has 10 nitrogen and oxygen atoms in total. The van der Waals surface area contributed by atoms with Gasteiger partial charge in [0.15, 0.2) is 5.69 Å². The number of pyridine rings is 1. The van der Waals surface area contributed by atoms with Gasteiger partial charge in [0.25, 0.3) is 5.91 Å². The number of nitrogens with one attached hydrogen (secondary N) is 1. The Morgan fingerprint density at radius 2 is 1.98 bits per heavy atom. The molecule has 0 radical (unpaired) electrons. The molecule has 1 fully saturated rings. The number of aromatic nitrogens is 3. The summed E-state index contributed by atoms with van der Waals surface area (Å²) in [4.78, 5) is 17.0. The minimum Gasteiger partial charge on any atom is -0.434 e. The first-order chi connectivity index (χ1) is 19.2. The number of aliphatic hydroxyl groups excluding tert-OH is 1. The van der Waals surface area contributed by atoms with Crippen molar-refractivity contribution in [2.45, 2.75) is 82.7 Å². The summed E-state index contributed by atoms with van der Waals surface area (Å²) in [5, 5.41) is 26.7. The number of nitrogens with zero attached hydrogens (tertiary/aromatic N) is 3. The van der Waals surface area contributed by atoms with E-state index in [1.54, 1.807) is 6.92 Å². The number of halogens is 6. The third-order valence-corrected chi connectivity index (χ3v) is 9.36. The second-order valence-corrected chi connectivity index (χ2v) is 13.7. The molecular formula is C25H32ClF5N4O6S. The topological polar surface area (TPSA) is 144 Å². The lowest BCUT2D eigenvalue weighted by Gasteiger charge is -2.39. The molecule has 3 N–H and O–H groups in total. The Morgan fingerprint density at radius 3 is 2.50 bits per heavy atom. The molecule has 1 aliphatic rings. The average Bonchev–Trinajstić information content (AvgIpc) is 3.18. The summed E-state index contributed by atoms with van der Waals surface area (Å²) in [7, 11) is -3.45. The van der Waals surface area contributed by atoms with Crippen molar-refractivity contribution in [2.24, 2.45) is 5.41 Å². The predicted octanol–water partition coefficient (Wildman–Crippen LogP) is 3.77. The van der Waals surface area contributed by atoms with Crippen molar-refractivity contribution in [3.05, 3.63) is 28.7 Å². The maximum Gasteiger partial charge on any atom is 0.394 e. The fraction of sp³-hybridized carbons (Fsp3) is 0.640. The van der Waals surface area contributed by atoms with Gasteiger partial charge in [-0.3, -0.25) is 14.5 Å². The van der Waals surface area contributed by atoms with E-state index in [0.29, 0.717) is 0 Å². The van der Waals surface area contributed by atoms with E-state index in [1.807, 2.05) is 0 Å². The van der Waals surface area contributed by atoms with Crippen molar-refractivity contribution in [3.8, 4) is 17.0 Å². The van der Waals surface area contributed by atoms with Crippen molar-refractivity contribution >= 4 is 27.3 Å². The number of aryl methyl sites for hydroxylation is 1. The number of alkyl halides is 5. The van der Waals surface area contributed by atoms with Gasteiger partial charge in [-0.25, -0.2) is 8.42 Å². The lowest BCUT2D eigenvalue weighted by atomic mass is 9.82. The van der Waals surface area contributed by atoms with Crippen LogP contribution in [0.25, 0.3) is 11.3 Å². The van der Waals surface area contributed by atoms with Gasteiger partial charge in [-0.05, 0) is 26.2 Å². The number of amides is 1. The van der Waals surface area contributed by atoms with Crippen molar-refractivity contribution in [2.75, 3.05) is 12.8 Å². The number of hydrogen-bond acceptors (Lipinski definition) is 8. The summed E-state index contributed by atoms with van der Waals surface area (Å²) >= 11 is 6.46. The third-order valence-electron chi connectivity index (χ3n) is 7.36. The molecule has 0 bridgehead atoms. The van der Waals surface area contributed by atoms with Gasteiger partial charge in [-0.2, -0.15) is 27.1 Å². The van der Waals surface area contributed by atoms with Crippen LogP contribution in [0.4, 0.5) is 22.0 Å². The van der Waals surface area contributed by atoms with Gasteiger partial charge in [0.2, 0.25) is 0 Å². The maximum absolute atomic E-state index is 13.4. The highest BCUT2D eigenvalue weighted by atomic mass is 35.5. The molecule has 3 rings (SSSR count). The smallest absolute Gasteiger partial charge is 0.394 e. The average molecular weight is 647 g/mol. The van der Waals surface area contributed by atoms with Gasteiger partial charge in [0, 0.05) is 43.7 Å². The minimum atomic E-state index is -4.60. The SMILES string of the molecule is CCn1nc(C(=O)NC[C@@]2(O)CCC(S(C)(=O)=O)CC2O)c(Cl)c1-c1cnc(CC(C)(C)C(F)(F)F)cc1OC(F)F. The zero-order chi connectivity index (χ0) is 31.8. The van der Waals surface area contributed by atoms with Gasteiger partial charge in [-0.15, -0.1) is 0 Å². The fourth-order valence-electron chi connectivity index (χ4n) is 4.65. The predicted molar refractivity (Wildman–Crippen MR) is 142 cm³/mol. The van der Waals surface area contributed by atoms with E-state index in [0.717, 1.165) is 32.4 Å². The standard InChI is InChI=1S/C25H32ClF5N4O6S/c1-5-35-20(15-11-32-13(8-16(15)41-22(27)28)10-23(2,3)25(29,30)31)18(26)19(34-35)21(37)33-12-24(38)7-6-14(9-17(24)36)42(4,39)40/h8,11,14,17,22,36,38H,5-7,9-10,12H2,1-4H3,(H,33,37)/t14?,17?,24-/m0/s1. The number of carbonyl (C=O) groups excluding carboxylic acids is 1. The zero-order valence-electron chi connectivity index (χ0n) is 23.2. The van der Waals surface area contributed by atoms with Crippen LogP contribution in [-0.4, -0.2) is 81.8 Å². The highest BCUT2D eigenvalue weighted by Gasteiger charge is 2.47. The molecule has 1 aliphatic carbocycles. The summed E-state index contributed by atoms with van der Waals surface area (Å²) in [6.45, 7) is -0.254. The van der Waals surface area contributed by atoms with Crippen LogP contribution in [0.5, 0.6) is 5.75 Å². The largest absolute Gasteiger partial charge is 0.434 e. The molecule has 3 atom stereocenters. The number of ether oxygens (including phenoxy) is 1. The van der Waals surface area contributed by atoms with E-state index in [1.165, 1.54) is 4.68 Å². The molecule has 0 aromatic carbocycles. The van der Waals surface area contributed by atoms with Gasteiger partial charge in [0.05, 0.1) is 33.0 Å². The van der Waals surface area contributed by atoms with Gasteiger partial charge >= 0.3 is 12.8 Å². The summed E-state index contributed by atoms with van der Waals surface area (Å²) in [5.74, 6) is -1.43. The van der Waals surface area contributed by atoms with Crippen LogP contribution in [0.15, 0.2) is 12.3 Å². The van der Waals surface area contributed by atoms with Crippen LogP contribution in [-0.2, 0) is 22.8 Å². The number of hydrogen-bond donors (Lipinski definition) is 3. The first-order valence-corrected chi connectivity index (χ1v) is 15.2. The number of carbonyl (C=O) groups is 1. The van der Waals surface area contributed by atoms with E-state index < -0.39 is 69.6 Å². The Kier molecular flexibility index (Phi) is 9.86. The van der Waals surface area contributed by atoms with E-state index in [9.17, 15) is 45.4 Å². The van der Waals surface area contributed by atoms with Gasteiger partial charge < -0.3 is 20.3 Å². The minimum absolute atomic E-state index is 0.0632. The van der Waals surface area contributed by atoms with Gasteiger partial charge in [0.1, 0.15) is 21.2 Å². The highest BCUT2D eigenvalue weighted by molar-refractivity contribution is 7.91. The first kappa shape index (κ1) is 33.9. The van der Waals surface area contributed by atoms with Crippen molar-refractivity contribution in [1.29, 1.82) is 0 Å². The summed E-state index contributed by atoms with van der Waals surface area (Å²) in [6.07, 6.45) is -4.92. The normalized spacial score (nSPS) is 21.9. The lowest BCUT2D eigenvalue weighted by molar-refractivity contribution is -0.211. The lowest BCUT2D eigenvalue weighted by Crippen LogP contribution is -2.56. The molecular weight excluding hydrogens is 615 g/mol. The van der Waals surface area contributed by atoms with Crippen molar-refractivity contribution < 1.29 is 50.1 Å². The Hall–Kier alpha value is -2.56. The zero-order valence-corrected chi connectivity index (χ0v) is 24.7. The third kappa shape index (κ3) is 7.32. The number of rotatable bonds is 10. The summed E-state index contributed by atoms with van der Waals surface area (Å²) < 4.78 is 96.2. The van der Waals surface area contributed by atoms with Crippen LogP contribution in [0.3, 0.4) is 0 Å². The Morgan fingerprint density at radius 1 is 1.33 bits per heavy atom. The molecule has 1 saturated carbocycles. The molecule has 2 unspecified atom stereocenters. The van der Waals surface area contributed by atoms with Crippen molar-refractivity contribution in [1.82, 2.24) is 20.1 Å². The molecule has 0 aliphatic heterocycles. The number of sulfone groups is 1.